The third kappa shape index (κ3) is 4.03. The maximum absolute atomic E-state index is 12.3. The van der Waals surface area contributed by atoms with Crippen molar-refractivity contribution in [2.75, 3.05) is 0 Å². The van der Waals surface area contributed by atoms with E-state index in [1.54, 1.807) is 54.3 Å². The van der Waals surface area contributed by atoms with E-state index in [-0.39, 0.29) is 24.3 Å². The molecule has 0 aliphatic carbocycles. The van der Waals surface area contributed by atoms with Crippen LogP contribution in [0.2, 0.25) is 0 Å². The fraction of sp³-hybridized carbons (Fsp3) is 0.200. The summed E-state index contributed by atoms with van der Waals surface area (Å²) in [7, 11) is 0. The summed E-state index contributed by atoms with van der Waals surface area (Å²) < 4.78 is 12.2. The van der Waals surface area contributed by atoms with Crippen molar-refractivity contribution in [2.45, 2.75) is 26.0 Å². The van der Waals surface area contributed by atoms with Crippen molar-refractivity contribution in [3.05, 3.63) is 71.1 Å². The molecule has 3 aromatic heterocycles. The third-order valence-corrected chi connectivity index (χ3v) is 4.31. The Bertz CT molecular complexity index is 1200. The number of carbonyl (C=O) groups is 1. The number of aryl methyl sites for hydroxylation is 1. The van der Waals surface area contributed by atoms with Gasteiger partial charge in [-0.15, -0.1) is 0 Å². The highest BCUT2D eigenvalue weighted by molar-refractivity contribution is 5.78. The van der Waals surface area contributed by atoms with Crippen molar-refractivity contribution in [1.82, 2.24) is 24.9 Å². The van der Waals surface area contributed by atoms with Crippen LogP contribution in [-0.2, 0) is 16.1 Å². The lowest BCUT2D eigenvalue weighted by atomic mass is 10.2. The molecule has 0 aliphatic rings. The molecule has 0 fully saturated rings. The summed E-state index contributed by atoms with van der Waals surface area (Å²) in [5, 5.41) is 8.55. The molecule has 1 aromatic carbocycles. The van der Waals surface area contributed by atoms with Gasteiger partial charge in [0.25, 0.3) is 5.89 Å². The second kappa shape index (κ2) is 8.01. The van der Waals surface area contributed by atoms with Gasteiger partial charge in [0.2, 0.25) is 11.3 Å². The Labute approximate surface area is 165 Å². The van der Waals surface area contributed by atoms with Gasteiger partial charge in [-0.1, -0.05) is 17.3 Å². The summed E-state index contributed by atoms with van der Waals surface area (Å²) in [6, 6.07) is 10.7. The highest BCUT2D eigenvalue weighted by atomic mass is 16.6. The number of rotatable bonds is 6. The number of hydrogen-bond donors (Lipinski definition) is 0. The molecule has 0 saturated carbocycles. The van der Waals surface area contributed by atoms with Crippen LogP contribution in [0.5, 0.6) is 0 Å². The fourth-order valence-corrected chi connectivity index (χ4v) is 2.86. The number of nitrogens with zero attached hydrogens (tertiary/aromatic N) is 5. The normalized spacial score (nSPS) is 12.0. The molecule has 0 aliphatic heterocycles. The van der Waals surface area contributed by atoms with E-state index in [4.69, 9.17) is 9.26 Å². The minimum absolute atomic E-state index is 0.0772. The van der Waals surface area contributed by atoms with Gasteiger partial charge in [-0.05, 0) is 31.2 Å². The zero-order valence-corrected chi connectivity index (χ0v) is 15.6. The molecule has 146 valence electrons. The Kier molecular flexibility index (Phi) is 5.10. The molecule has 4 aromatic rings. The lowest BCUT2D eigenvalue weighted by Crippen LogP contribution is -2.16. The highest BCUT2D eigenvalue weighted by Gasteiger charge is 2.19. The van der Waals surface area contributed by atoms with Crippen molar-refractivity contribution < 1.29 is 14.1 Å². The molecule has 1 unspecified atom stereocenters. The molecule has 9 heteroatoms. The number of fused-ring (bicyclic) bond motifs is 1. The van der Waals surface area contributed by atoms with Gasteiger partial charge in [0, 0.05) is 23.3 Å². The number of benzene rings is 1. The lowest BCUT2D eigenvalue weighted by molar-refractivity contribution is -0.150. The van der Waals surface area contributed by atoms with E-state index < -0.39 is 12.1 Å². The Hall–Kier alpha value is -3.88. The van der Waals surface area contributed by atoms with E-state index >= 15 is 0 Å². The molecule has 0 radical (unpaired) electrons. The van der Waals surface area contributed by atoms with Crippen LogP contribution < -0.4 is 5.43 Å². The van der Waals surface area contributed by atoms with Crippen molar-refractivity contribution in [1.29, 1.82) is 0 Å². The monoisotopic (exact) mass is 391 g/mol. The van der Waals surface area contributed by atoms with E-state index in [9.17, 15) is 9.59 Å². The largest absolute Gasteiger partial charge is 0.452 e. The molecule has 0 saturated heterocycles. The molecule has 0 spiro atoms. The van der Waals surface area contributed by atoms with E-state index in [0.29, 0.717) is 22.3 Å². The molecule has 3 heterocycles. The molecule has 4 rings (SSSR count). The predicted molar refractivity (Wildman–Crippen MR) is 103 cm³/mol. The molecule has 9 nitrogen and oxygen atoms in total. The molecular weight excluding hydrogens is 374 g/mol. The first-order valence-electron chi connectivity index (χ1n) is 9.00. The van der Waals surface area contributed by atoms with Crippen molar-refractivity contribution in [3.8, 4) is 11.4 Å². The predicted octanol–water partition coefficient (Wildman–Crippen LogP) is 2.54. The average Bonchev–Trinajstić information content (AvgIpc) is 3.25. The zero-order chi connectivity index (χ0) is 20.2. The summed E-state index contributed by atoms with van der Waals surface area (Å²) in [5.41, 5.74) is 1.21. The van der Waals surface area contributed by atoms with E-state index in [0.717, 1.165) is 0 Å². The Morgan fingerprint density at radius 2 is 2.07 bits per heavy atom. The minimum Gasteiger partial charge on any atom is -0.452 e. The number of ether oxygens (including phenoxy) is 1. The van der Waals surface area contributed by atoms with Crippen LogP contribution in [0, 0.1) is 0 Å². The lowest BCUT2D eigenvalue weighted by Gasteiger charge is -2.11. The first-order valence-corrected chi connectivity index (χ1v) is 9.00. The minimum atomic E-state index is -0.695. The second-order valence-electron chi connectivity index (χ2n) is 6.33. The van der Waals surface area contributed by atoms with Crippen LogP contribution in [-0.4, -0.2) is 30.9 Å². The number of hydrogen-bond acceptors (Lipinski definition) is 8. The van der Waals surface area contributed by atoms with Gasteiger partial charge >= 0.3 is 5.97 Å². The van der Waals surface area contributed by atoms with Gasteiger partial charge in [0.05, 0.1) is 24.7 Å². The van der Waals surface area contributed by atoms with Gasteiger partial charge in [0.15, 0.2) is 6.10 Å². The van der Waals surface area contributed by atoms with Gasteiger partial charge in [-0.2, -0.15) is 10.1 Å². The van der Waals surface area contributed by atoms with Crippen LogP contribution in [0.4, 0.5) is 0 Å². The molecule has 1 atom stereocenters. The van der Waals surface area contributed by atoms with Gasteiger partial charge in [-0.3, -0.25) is 19.3 Å². The first-order chi connectivity index (χ1) is 14.1. The molecule has 0 bridgehead atoms. The summed E-state index contributed by atoms with van der Waals surface area (Å²) >= 11 is 0. The number of para-hydroxylation sites is 1. The second-order valence-corrected chi connectivity index (χ2v) is 6.33. The topological polar surface area (TPSA) is 113 Å². The maximum Gasteiger partial charge on any atom is 0.308 e. The van der Waals surface area contributed by atoms with Gasteiger partial charge < -0.3 is 9.26 Å². The van der Waals surface area contributed by atoms with Crippen molar-refractivity contribution in [3.63, 3.8) is 0 Å². The third-order valence-electron chi connectivity index (χ3n) is 4.31. The summed E-state index contributed by atoms with van der Waals surface area (Å²) in [5.74, 6) is 0.132. The van der Waals surface area contributed by atoms with Crippen molar-refractivity contribution in [2.24, 2.45) is 0 Å². The molecule has 29 heavy (non-hydrogen) atoms. The maximum atomic E-state index is 12.3. The van der Waals surface area contributed by atoms with Crippen LogP contribution in [0.3, 0.4) is 0 Å². The quantitative estimate of drug-likeness (QED) is 0.461. The average molecular weight is 391 g/mol. The Morgan fingerprint density at radius 1 is 1.21 bits per heavy atom. The number of esters is 1. The molecular formula is C20H17N5O4. The summed E-state index contributed by atoms with van der Waals surface area (Å²) in [4.78, 5) is 32.4. The van der Waals surface area contributed by atoms with Gasteiger partial charge in [0.1, 0.15) is 0 Å². The summed E-state index contributed by atoms with van der Waals surface area (Å²) in [6.07, 6.45) is 3.89. The van der Waals surface area contributed by atoms with Crippen LogP contribution in [0.1, 0.15) is 25.3 Å². The Balaban J connectivity index is 1.40. The number of aromatic nitrogens is 5. The smallest absolute Gasteiger partial charge is 0.308 e. The molecule has 0 amide bonds. The number of carbonyl (C=O) groups excluding carboxylic acids is 1. The first kappa shape index (κ1) is 18.5. The van der Waals surface area contributed by atoms with Crippen LogP contribution in [0.15, 0.2) is 64.3 Å². The summed E-state index contributed by atoms with van der Waals surface area (Å²) in [6.45, 7) is 1.93. The highest BCUT2D eigenvalue weighted by Crippen LogP contribution is 2.20. The van der Waals surface area contributed by atoms with E-state index in [2.05, 4.69) is 20.2 Å². The SMILES string of the molecule is CC(OC(=O)CCn1ncc(=O)c2ccccc21)c1nc(-c2cccnc2)no1. The zero-order valence-electron chi connectivity index (χ0n) is 15.6. The van der Waals surface area contributed by atoms with Gasteiger partial charge in [-0.25, -0.2) is 0 Å². The number of pyridine rings is 1. The Morgan fingerprint density at radius 3 is 2.90 bits per heavy atom. The standard InChI is InChI=1S/C20H17N5O4/c1-13(20-23-19(24-29-20)14-5-4-9-21-11-14)28-18(27)8-10-25-16-7-3-2-6-15(16)17(26)12-22-25/h2-7,9,11-13H,8,10H2,1H3. The van der Waals surface area contributed by atoms with Crippen LogP contribution >= 0.6 is 0 Å². The van der Waals surface area contributed by atoms with Crippen LogP contribution in [0.25, 0.3) is 22.3 Å². The van der Waals surface area contributed by atoms with E-state index in [1.807, 2.05) is 6.07 Å². The fourth-order valence-electron chi connectivity index (χ4n) is 2.86. The van der Waals surface area contributed by atoms with Crippen molar-refractivity contribution >= 4 is 16.9 Å². The molecule has 0 N–H and O–H groups in total. The van der Waals surface area contributed by atoms with E-state index in [1.165, 1.54) is 6.20 Å².